The smallest absolute Gasteiger partial charge is 0.0357 e. The van der Waals surface area contributed by atoms with E-state index < -0.39 is 0 Å². The Morgan fingerprint density at radius 2 is 1.67 bits per heavy atom. The zero-order chi connectivity index (χ0) is 14.1. The molecular weight excluding hydrogens is 254 g/mol. The van der Waals surface area contributed by atoms with E-state index in [4.69, 9.17) is 0 Å². The summed E-state index contributed by atoms with van der Waals surface area (Å²) >= 11 is 0. The first-order valence-corrected chi connectivity index (χ1v) is 8.02. The summed E-state index contributed by atoms with van der Waals surface area (Å²) in [4.78, 5) is 2.65. The van der Waals surface area contributed by atoms with Crippen molar-refractivity contribution in [3.05, 3.63) is 77.4 Å². The average Bonchev–Trinajstić information content (AvgIpc) is 2.73. The van der Waals surface area contributed by atoms with Crippen molar-refractivity contribution in [1.29, 1.82) is 0 Å². The molecule has 1 saturated heterocycles. The third-order valence-electron chi connectivity index (χ3n) is 4.84. The molecule has 0 aliphatic carbocycles. The first kappa shape index (κ1) is 12.8. The van der Waals surface area contributed by atoms with Crippen LogP contribution in [-0.2, 0) is 0 Å². The number of nitrogens with zero attached hydrogens (tertiary/aromatic N) is 1. The van der Waals surface area contributed by atoms with Gasteiger partial charge in [-0.05, 0) is 41.6 Å². The molecule has 0 amide bonds. The number of benzene rings is 2. The summed E-state index contributed by atoms with van der Waals surface area (Å²) < 4.78 is 0. The zero-order valence-corrected chi connectivity index (χ0v) is 12.3. The van der Waals surface area contributed by atoms with Crippen LogP contribution in [-0.4, -0.2) is 18.0 Å². The SMILES string of the molecule is C1=C(c2ccccc2)c2ccccc2C2CCCCN2C1. The largest absolute Gasteiger partial charge is 0.293 e. The average molecular weight is 275 g/mol. The molecule has 106 valence electrons. The van der Waals surface area contributed by atoms with Crippen LogP contribution in [0.4, 0.5) is 0 Å². The predicted molar refractivity (Wildman–Crippen MR) is 88.1 cm³/mol. The molecule has 0 N–H and O–H groups in total. The molecule has 2 aliphatic heterocycles. The van der Waals surface area contributed by atoms with Crippen LogP contribution in [0.2, 0.25) is 0 Å². The van der Waals surface area contributed by atoms with Gasteiger partial charge in [0.25, 0.3) is 0 Å². The summed E-state index contributed by atoms with van der Waals surface area (Å²) in [6, 6.07) is 20.4. The van der Waals surface area contributed by atoms with Gasteiger partial charge in [0.2, 0.25) is 0 Å². The van der Waals surface area contributed by atoms with Crippen LogP contribution in [0, 0.1) is 0 Å². The second-order valence-electron chi connectivity index (χ2n) is 6.08. The second kappa shape index (κ2) is 5.50. The maximum atomic E-state index is 2.65. The van der Waals surface area contributed by atoms with E-state index >= 15 is 0 Å². The van der Waals surface area contributed by atoms with Gasteiger partial charge in [0.05, 0.1) is 0 Å². The molecule has 1 nitrogen and oxygen atoms in total. The summed E-state index contributed by atoms with van der Waals surface area (Å²) in [6.45, 7) is 2.31. The van der Waals surface area contributed by atoms with E-state index in [2.05, 4.69) is 65.6 Å². The fourth-order valence-electron chi connectivity index (χ4n) is 3.80. The fourth-order valence-corrected chi connectivity index (χ4v) is 3.80. The van der Waals surface area contributed by atoms with Crippen molar-refractivity contribution in [3.63, 3.8) is 0 Å². The minimum Gasteiger partial charge on any atom is -0.293 e. The van der Waals surface area contributed by atoms with Crippen molar-refractivity contribution >= 4 is 5.57 Å². The summed E-state index contributed by atoms with van der Waals surface area (Å²) in [7, 11) is 0. The molecular formula is C20H21N. The van der Waals surface area contributed by atoms with Crippen LogP contribution >= 0.6 is 0 Å². The van der Waals surface area contributed by atoms with Gasteiger partial charge in [0.1, 0.15) is 0 Å². The van der Waals surface area contributed by atoms with Gasteiger partial charge in [0.15, 0.2) is 0 Å². The Hall–Kier alpha value is -1.86. The van der Waals surface area contributed by atoms with Crippen molar-refractivity contribution in [2.24, 2.45) is 0 Å². The van der Waals surface area contributed by atoms with E-state index in [1.807, 2.05) is 0 Å². The fraction of sp³-hybridized carbons (Fsp3) is 0.300. The molecule has 2 aromatic rings. The molecule has 0 spiro atoms. The van der Waals surface area contributed by atoms with Crippen molar-refractivity contribution in [2.45, 2.75) is 25.3 Å². The number of rotatable bonds is 1. The summed E-state index contributed by atoms with van der Waals surface area (Å²) in [6.07, 6.45) is 6.43. The van der Waals surface area contributed by atoms with Crippen molar-refractivity contribution in [3.8, 4) is 0 Å². The molecule has 0 bridgehead atoms. The lowest BCUT2D eigenvalue weighted by Crippen LogP contribution is -2.33. The summed E-state index contributed by atoms with van der Waals surface area (Å²) in [5, 5.41) is 0. The number of hydrogen-bond donors (Lipinski definition) is 0. The molecule has 2 aliphatic rings. The standard InChI is InChI=1S/C20H21N/c1-2-8-16(9-3-1)17-13-15-21-14-7-6-12-20(21)19-11-5-4-10-18(17)19/h1-5,8-11,13,20H,6-7,12,14-15H2. The van der Waals surface area contributed by atoms with Gasteiger partial charge < -0.3 is 0 Å². The predicted octanol–water partition coefficient (Wildman–Crippen LogP) is 4.66. The lowest BCUT2D eigenvalue weighted by Gasteiger charge is -2.34. The highest BCUT2D eigenvalue weighted by molar-refractivity contribution is 5.82. The van der Waals surface area contributed by atoms with Gasteiger partial charge in [-0.15, -0.1) is 0 Å². The first-order valence-electron chi connectivity index (χ1n) is 8.02. The van der Waals surface area contributed by atoms with E-state index in [9.17, 15) is 0 Å². The highest BCUT2D eigenvalue weighted by Gasteiger charge is 2.28. The first-order chi connectivity index (χ1) is 10.4. The Kier molecular flexibility index (Phi) is 3.36. The molecule has 1 fully saturated rings. The highest BCUT2D eigenvalue weighted by atomic mass is 15.2. The monoisotopic (exact) mass is 275 g/mol. The van der Waals surface area contributed by atoms with Crippen molar-refractivity contribution < 1.29 is 0 Å². The van der Waals surface area contributed by atoms with Crippen LogP contribution in [0.25, 0.3) is 5.57 Å². The van der Waals surface area contributed by atoms with Gasteiger partial charge in [-0.25, -0.2) is 0 Å². The Labute approximate surface area is 126 Å². The topological polar surface area (TPSA) is 3.24 Å². The van der Waals surface area contributed by atoms with Gasteiger partial charge in [-0.3, -0.25) is 4.90 Å². The van der Waals surface area contributed by atoms with Crippen LogP contribution in [0.5, 0.6) is 0 Å². The Balaban J connectivity index is 1.86. The van der Waals surface area contributed by atoms with Crippen LogP contribution in [0.3, 0.4) is 0 Å². The Morgan fingerprint density at radius 3 is 2.57 bits per heavy atom. The molecule has 0 aromatic heterocycles. The second-order valence-corrected chi connectivity index (χ2v) is 6.08. The van der Waals surface area contributed by atoms with Gasteiger partial charge in [-0.1, -0.05) is 67.1 Å². The molecule has 21 heavy (non-hydrogen) atoms. The van der Waals surface area contributed by atoms with E-state index in [1.165, 1.54) is 48.1 Å². The third-order valence-corrected chi connectivity index (χ3v) is 4.84. The maximum Gasteiger partial charge on any atom is 0.0357 e. The Morgan fingerprint density at radius 1 is 0.857 bits per heavy atom. The molecule has 1 unspecified atom stereocenters. The molecule has 1 atom stereocenters. The number of hydrogen-bond acceptors (Lipinski definition) is 1. The maximum absolute atomic E-state index is 2.65. The highest BCUT2D eigenvalue weighted by Crippen LogP contribution is 2.39. The Bertz CT molecular complexity index is 657. The third kappa shape index (κ3) is 2.32. The molecule has 2 aromatic carbocycles. The molecule has 0 radical (unpaired) electrons. The number of fused-ring (bicyclic) bond motifs is 3. The quantitative estimate of drug-likeness (QED) is 0.731. The van der Waals surface area contributed by atoms with E-state index in [0.29, 0.717) is 6.04 Å². The van der Waals surface area contributed by atoms with Crippen LogP contribution in [0.1, 0.15) is 42.0 Å². The lowest BCUT2D eigenvalue weighted by molar-refractivity contribution is 0.167. The summed E-state index contributed by atoms with van der Waals surface area (Å²) in [5.74, 6) is 0. The van der Waals surface area contributed by atoms with Crippen molar-refractivity contribution in [2.75, 3.05) is 13.1 Å². The molecule has 0 saturated carbocycles. The van der Waals surface area contributed by atoms with E-state index in [0.717, 1.165) is 6.54 Å². The molecule has 4 rings (SSSR count). The molecule has 1 heteroatoms. The number of piperidine rings is 1. The summed E-state index contributed by atoms with van der Waals surface area (Å²) in [5.41, 5.74) is 5.69. The normalized spacial score (nSPS) is 21.9. The molecule has 2 heterocycles. The van der Waals surface area contributed by atoms with Crippen LogP contribution < -0.4 is 0 Å². The lowest BCUT2D eigenvalue weighted by atomic mass is 9.88. The van der Waals surface area contributed by atoms with Crippen LogP contribution in [0.15, 0.2) is 60.7 Å². The van der Waals surface area contributed by atoms with Crippen molar-refractivity contribution in [1.82, 2.24) is 4.90 Å². The minimum atomic E-state index is 0.604. The minimum absolute atomic E-state index is 0.604. The zero-order valence-electron chi connectivity index (χ0n) is 12.3. The van der Waals surface area contributed by atoms with Gasteiger partial charge >= 0.3 is 0 Å². The van der Waals surface area contributed by atoms with Gasteiger partial charge in [-0.2, -0.15) is 0 Å². The van der Waals surface area contributed by atoms with Gasteiger partial charge in [0, 0.05) is 12.6 Å². The van der Waals surface area contributed by atoms with E-state index in [-0.39, 0.29) is 0 Å². The van der Waals surface area contributed by atoms with E-state index in [1.54, 1.807) is 0 Å².